The number of hydrogen-bond acceptors (Lipinski definition) is 9. The minimum absolute atomic E-state index is 0.110. The number of aliphatic hydroxyl groups excluding tert-OH is 1. The summed E-state index contributed by atoms with van der Waals surface area (Å²) in [6, 6.07) is -0.110. The molecule has 0 aromatic heterocycles. The molecule has 2 amide bonds. The summed E-state index contributed by atoms with van der Waals surface area (Å²) in [7, 11) is 2.93. The molecule has 0 aromatic rings. The van der Waals surface area contributed by atoms with Gasteiger partial charge in [-0.25, -0.2) is 4.79 Å². The highest BCUT2D eigenvalue weighted by molar-refractivity contribution is 6.23. The summed E-state index contributed by atoms with van der Waals surface area (Å²) < 4.78 is 16.6. The number of primary amides is 1. The summed E-state index contributed by atoms with van der Waals surface area (Å²) in [6.07, 6.45) is 3.89. The third-order valence-electron chi connectivity index (χ3n) is 7.23. The number of rotatable bonds is 5. The van der Waals surface area contributed by atoms with Gasteiger partial charge < -0.3 is 35.7 Å². The minimum Gasteiger partial charge on any atom is -0.439 e. The van der Waals surface area contributed by atoms with Crippen molar-refractivity contribution in [1.29, 1.82) is 0 Å². The van der Waals surface area contributed by atoms with Gasteiger partial charge in [-0.2, -0.15) is 0 Å². The van der Waals surface area contributed by atoms with Crippen LogP contribution < -0.4 is 16.4 Å². The Morgan fingerprint density at radius 1 is 1.14 bits per heavy atom. The molecule has 1 heterocycles. The molecule has 0 spiro atoms. The largest absolute Gasteiger partial charge is 0.439 e. The number of Topliss-reactive ketones (excluding diaryl/α,β-unsaturated/α-hetero) is 1. The number of aliphatic hydroxyl groups is 1. The predicted octanol–water partition coefficient (Wildman–Crippen LogP) is 2.76. The summed E-state index contributed by atoms with van der Waals surface area (Å²) in [6.45, 7) is 10.7. The van der Waals surface area contributed by atoms with Gasteiger partial charge in [-0.05, 0) is 52.0 Å². The highest BCUT2D eigenvalue weighted by Crippen LogP contribution is 2.29. The van der Waals surface area contributed by atoms with E-state index in [1.54, 1.807) is 32.1 Å². The zero-order valence-corrected chi connectivity index (χ0v) is 25.7. The normalized spacial score (nSPS) is 31.9. The molecule has 42 heavy (non-hydrogen) atoms. The summed E-state index contributed by atoms with van der Waals surface area (Å²) in [5, 5.41) is 16.9. The van der Waals surface area contributed by atoms with Crippen LogP contribution in [-0.2, 0) is 28.6 Å². The van der Waals surface area contributed by atoms with Gasteiger partial charge in [0, 0.05) is 43.4 Å². The number of methoxy groups -OCH3 is 2. The van der Waals surface area contributed by atoms with E-state index >= 15 is 0 Å². The van der Waals surface area contributed by atoms with Crippen molar-refractivity contribution in [2.24, 2.45) is 17.6 Å². The Labute approximate surface area is 247 Å². The molecule has 6 atom stereocenters. The number of ketones is 2. The van der Waals surface area contributed by atoms with Gasteiger partial charge in [0.1, 0.15) is 6.10 Å². The van der Waals surface area contributed by atoms with Crippen LogP contribution in [0, 0.1) is 11.8 Å². The monoisotopic (exact) mass is 587 g/mol. The lowest BCUT2D eigenvalue weighted by atomic mass is 9.85. The van der Waals surface area contributed by atoms with Crippen LogP contribution in [0.2, 0.25) is 0 Å². The first-order chi connectivity index (χ1) is 19.7. The number of hydrogen-bond donors (Lipinski definition) is 4. The van der Waals surface area contributed by atoms with Gasteiger partial charge in [-0.3, -0.25) is 14.4 Å². The molecule has 1 aliphatic carbocycles. The molecular formula is C31H45N3O8. The Bertz CT molecular complexity index is 1200. The van der Waals surface area contributed by atoms with Gasteiger partial charge in [0.25, 0.3) is 5.91 Å². The Balaban J connectivity index is 2.63. The SMILES string of the molecule is CO[C@H]1/C=C/C=C(/C)C(=O)NC2=CC(=O)C(NC(C)C)=C(C[C@@H](C)C[C@H](OC)[C@H](O)[C@@H](C)/C=C(\C)[C@@H]1OC(N)=O)C2=O. The maximum atomic E-state index is 13.6. The number of fused-ring (bicyclic) bond motifs is 2. The van der Waals surface area contributed by atoms with E-state index in [4.69, 9.17) is 19.9 Å². The average Bonchev–Trinajstić information content (AvgIpc) is 2.91. The van der Waals surface area contributed by atoms with Crippen molar-refractivity contribution in [3.05, 3.63) is 58.5 Å². The molecule has 0 aromatic carbocycles. The van der Waals surface area contributed by atoms with E-state index in [0.29, 0.717) is 12.0 Å². The first-order valence-corrected chi connectivity index (χ1v) is 14.0. The second-order valence-electron chi connectivity index (χ2n) is 11.2. The third kappa shape index (κ3) is 9.23. The fraction of sp³-hybridized carbons (Fsp3) is 0.548. The van der Waals surface area contributed by atoms with Crippen LogP contribution >= 0.6 is 0 Å². The van der Waals surface area contributed by atoms with E-state index in [1.165, 1.54) is 20.3 Å². The molecule has 0 radical (unpaired) electrons. The molecule has 11 heteroatoms. The van der Waals surface area contributed by atoms with Crippen molar-refractivity contribution in [3.8, 4) is 0 Å². The van der Waals surface area contributed by atoms with E-state index in [2.05, 4.69) is 10.6 Å². The number of carbonyl (C=O) groups excluding carboxylic acids is 4. The van der Waals surface area contributed by atoms with E-state index in [0.717, 1.165) is 6.08 Å². The Morgan fingerprint density at radius 3 is 2.38 bits per heavy atom. The number of carbonyl (C=O) groups is 4. The van der Waals surface area contributed by atoms with Gasteiger partial charge in [0.15, 0.2) is 6.10 Å². The van der Waals surface area contributed by atoms with Crippen LogP contribution in [0.15, 0.2) is 58.5 Å². The van der Waals surface area contributed by atoms with Crippen LogP contribution in [0.5, 0.6) is 0 Å². The first-order valence-electron chi connectivity index (χ1n) is 14.0. The Morgan fingerprint density at radius 2 is 1.81 bits per heavy atom. The lowest BCUT2D eigenvalue weighted by molar-refractivity contribution is -0.120. The third-order valence-corrected chi connectivity index (χ3v) is 7.23. The average molecular weight is 588 g/mol. The molecule has 0 saturated heterocycles. The first kappa shape index (κ1) is 34.7. The number of nitrogens with two attached hydrogens (primary N) is 1. The molecule has 2 aliphatic rings. The van der Waals surface area contributed by atoms with Crippen molar-refractivity contribution in [1.82, 2.24) is 10.6 Å². The van der Waals surface area contributed by atoms with Crippen LogP contribution in [0.4, 0.5) is 4.79 Å². The molecule has 0 saturated carbocycles. The van der Waals surface area contributed by atoms with Crippen LogP contribution in [0.3, 0.4) is 0 Å². The molecule has 232 valence electrons. The lowest BCUT2D eigenvalue weighted by Gasteiger charge is -2.30. The summed E-state index contributed by atoms with van der Waals surface area (Å²) in [5.41, 5.74) is 6.54. The lowest BCUT2D eigenvalue weighted by Crippen LogP contribution is -2.38. The van der Waals surface area contributed by atoms with Crippen LogP contribution in [-0.4, -0.2) is 73.4 Å². The van der Waals surface area contributed by atoms with Gasteiger partial charge >= 0.3 is 6.09 Å². The maximum Gasteiger partial charge on any atom is 0.405 e. The fourth-order valence-corrected chi connectivity index (χ4v) is 5.03. The molecule has 5 N–H and O–H groups in total. The minimum atomic E-state index is -0.997. The summed E-state index contributed by atoms with van der Waals surface area (Å²) in [4.78, 5) is 51.4. The Kier molecular flexibility index (Phi) is 12.9. The molecule has 0 fully saturated rings. The second-order valence-corrected chi connectivity index (χ2v) is 11.2. The van der Waals surface area contributed by atoms with Gasteiger partial charge in [0.2, 0.25) is 11.6 Å². The predicted molar refractivity (Wildman–Crippen MR) is 158 cm³/mol. The molecule has 0 unspecified atom stereocenters. The van der Waals surface area contributed by atoms with Gasteiger partial charge in [-0.15, -0.1) is 0 Å². The van der Waals surface area contributed by atoms with Crippen molar-refractivity contribution in [2.75, 3.05) is 14.2 Å². The highest BCUT2D eigenvalue weighted by atomic mass is 16.6. The number of ether oxygens (including phenoxy) is 3. The quantitative estimate of drug-likeness (QED) is 0.279. The zero-order chi connectivity index (χ0) is 31.7. The second kappa shape index (κ2) is 15.6. The van der Waals surface area contributed by atoms with E-state index in [-0.39, 0.29) is 40.9 Å². The molecule has 11 nitrogen and oxygen atoms in total. The summed E-state index contributed by atoms with van der Waals surface area (Å²) in [5.74, 6) is -2.05. The maximum absolute atomic E-state index is 13.6. The molecule has 1 aliphatic heterocycles. The van der Waals surface area contributed by atoms with E-state index < -0.39 is 53.9 Å². The van der Waals surface area contributed by atoms with Gasteiger partial charge in [-0.1, -0.05) is 38.2 Å². The number of amides is 2. The fourth-order valence-electron chi connectivity index (χ4n) is 5.03. The van der Waals surface area contributed by atoms with Crippen molar-refractivity contribution in [3.63, 3.8) is 0 Å². The number of allylic oxidation sites excluding steroid dienone is 4. The van der Waals surface area contributed by atoms with Gasteiger partial charge in [0.05, 0.1) is 23.6 Å². The van der Waals surface area contributed by atoms with Crippen LogP contribution in [0.1, 0.15) is 54.4 Å². The molecule has 2 rings (SSSR count). The smallest absolute Gasteiger partial charge is 0.405 e. The highest BCUT2D eigenvalue weighted by Gasteiger charge is 2.33. The van der Waals surface area contributed by atoms with Crippen molar-refractivity contribution in [2.45, 2.75) is 84.8 Å². The zero-order valence-electron chi connectivity index (χ0n) is 25.7. The topological polar surface area (TPSA) is 166 Å². The standard InChI is InChI=1S/C31H45N3O8/c1-16(2)33-26-21-12-17(3)13-25(41-8)27(36)19(5)14-20(6)29(42-31(32)39)24(40-7)11-9-10-18(4)30(38)34-22(28(21)37)15-23(26)35/h9-11,14-17,19,24-25,27,29,33,36H,12-13H2,1-8H3,(H2,32,39)(H,34,38)/b11-9+,18-10-,20-14+/t17-,19+,24+,25+,27-,29+/m1/s1. The molecule has 2 bridgehead atoms. The van der Waals surface area contributed by atoms with E-state index in [9.17, 15) is 24.3 Å². The number of nitrogens with one attached hydrogen (secondary N) is 2. The van der Waals surface area contributed by atoms with Crippen molar-refractivity contribution < 1.29 is 38.5 Å². The molecular weight excluding hydrogens is 542 g/mol. The Hall–Kier alpha value is -3.54. The summed E-state index contributed by atoms with van der Waals surface area (Å²) >= 11 is 0. The van der Waals surface area contributed by atoms with Crippen LogP contribution in [0.25, 0.3) is 0 Å². The van der Waals surface area contributed by atoms with Crippen molar-refractivity contribution >= 4 is 23.6 Å². The van der Waals surface area contributed by atoms with E-state index in [1.807, 2.05) is 27.7 Å².